The molecule has 11 rings (SSSR count). The van der Waals surface area contributed by atoms with E-state index in [9.17, 15) is 0 Å². The highest BCUT2D eigenvalue weighted by Gasteiger charge is 2.51. The third-order valence-electron chi connectivity index (χ3n) is 12.8. The molecule has 0 bridgehead atoms. The lowest BCUT2D eigenvalue weighted by molar-refractivity contribution is 0.436. The largest absolute Gasteiger partial charge is 0.457 e. The molecule has 0 amide bonds. The number of benzene rings is 9. The van der Waals surface area contributed by atoms with E-state index >= 15 is 0 Å². The fraction of sp³-hybridized carbons (Fsp3) is 0.0820. The van der Waals surface area contributed by atoms with Crippen LogP contribution in [0.5, 0.6) is 11.5 Å². The molecule has 1 aliphatic carbocycles. The van der Waals surface area contributed by atoms with Crippen molar-refractivity contribution in [1.82, 2.24) is 0 Å². The van der Waals surface area contributed by atoms with Crippen molar-refractivity contribution in [2.24, 2.45) is 5.92 Å². The van der Waals surface area contributed by atoms with Gasteiger partial charge in [0.25, 0.3) is 0 Å². The summed E-state index contributed by atoms with van der Waals surface area (Å²) >= 11 is 0. The molecule has 9 aromatic rings. The molecular weight excluding hydrogens is 763 g/mol. The van der Waals surface area contributed by atoms with Gasteiger partial charge in [0, 0.05) is 27.9 Å². The topological polar surface area (TPSA) is 12.5 Å². The first-order chi connectivity index (χ1) is 31.0. The SMILES string of the molecule is C/C=C\C(=C/C(C)C)c1cc(-c2ccccc2)cc(N(c2ccc3c(c2)C2(c4ccccc4Oc4ccccc42)c2ccccc2-3)c2ccc(-c3ccccc3)c3ccccc23)c1. The molecule has 2 heteroatoms. The normalized spacial score (nSPS) is 13.4. The molecule has 0 saturated heterocycles. The van der Waals surface area contributed by atoms with Gasteiger partial charge in [0.15, 0.2) is 0 Å². The van der Waals surface area contributed by atoms with Crippen molar-refractivity contribution in [3.8, 4) is 44.9 Å². The van der Waals surface area contributed by atoms with Gasteiger partial charge >= 0.3 is 0 Å². The van der Waals surface area contributed by atoms with E-state index in [0.717, 1.165) is 45.3 Å². The van der Waals surface area contributed by atoms with Crippen LogP contribution >= 0.6 is 0 Å². The Kier molecular flexibility index (Phi) is 9.51. The van der Waals surface area contributed by atoms with Gasteiger partial charge in [-0.2, -0.15) is 0 Å². The van der Waals surface area contributed by atoms with E-state index in [-0.39, 0.29) is 0 Å². The minimum atomic E-state index is -0.603. The minimum absolute atomic E-state index is 0.366. The first kappa shape index (κ1) is 38.3. The molecule has 0 unspecified atom stereocenters. The summed E-state index contributed by atoms with van der Waals surface area (Å²) in [6, 6.07) is 75.5. The molecule has 9 aromatic carbocycles. The zero-order chi connectivity index (χ0) is 42.5. The molecule has 0 saturated carbocycles. The molecule has 1 heterocycles. The molecule has 302 valence electrons. The van der Waals surface area contributed by atoms with Gasteiger partial charge < -0.3 is 9.64 Å². The monoisotopic (exact) mass is 809 g/mol. The fourth-order valence-electron chi connectivity index (χ4n) is 10.2. The van der Waals surface area contributed by atoms with Gasteiger partial charge in [0.1, 0.15) is 11.5 Å². The molecule has 0 atom stereocenters. The third-order valence-corrected chi connectivity index (χ3v) is 12.8. The summed E-state index contributed by atoms with van der Waals surface area (Å²) in [7, 11) is 0. The van der Waals surface area contributed by atoms with E-state index in [1.807, 2.05) is 0 Å². The van der Waals surface area contributed by atoms with Crippen LogP contribution in [0.1, 0.15) is 48.6 Å². The number of hydrogen-bond donors (Lipinski definition) is 0. The number of rotatable bonds is 8. The van der Waals surface area contributed by atoms with Crippen LogP contribution in [0.25, 0.3) is 49.7 Å². The Labute approximate surface area is 370 Å². The number of nitrogens with zero attached hydrogens (tertiary/aromatic N) is 1. The van der Waals surface area contributed by atoms with Gasteiger partial charge in [-0.3, -0.25) is 0 Å². The number of allylic oxidation sites excluding steroid dienone is 4. The zero-order valence-electron chi connectivity index (χ0n) is 35.8. The standard InChI is InChI=1S/C61H47NO/c1-4-19-44(36-41(2)3)46-37-45(42-20-7-5-8-21-42)38-48(39-46)62(58-35-34-49(43-22-9-6-10-23-43)50-24-11-12-26-53(50)58)47-32-33-52-51-25-13-14-27-54(51)61(57(52)40-47)55-28-15-17-30-59(55)63-60-31-18-16-29-56(60)61/h4-41H,1-3H3/b19-4-,44-36+. The molecule has 0 fully saturated rings. The van der Waals surface area contributed by atoms with E-state index in [0.29, 0.717) is 5.92 Å². The average Bonchev–Trinajstić information content (AvgIpc) is 3.62. The Hall–Kier alpha value is -7.68. The summed E-state index contributed by atoms with van der Waals surface area (Å²) in [5, 5.41) is 2.38. The molecule has 1 spiro atoms. The fourth-order valence-corrected chi connectivity index (χ4v) is 10.2. The summed E-state index contributed by atoms with van der Waals surface area (Å²) in [6.07, 6.45) is 6.77. The van der Waals surface area contributed by atoms with Crippen LogP contribution in [-0.4, -0.2) is 0 Å². The molecular formula is C61H47NO. The van der Waals surface area contributed by atoms with E-state index in [2.05, 4.69) is 250 Å². The van der Waals surface area contributed by atoms with Gasteiger partial charge in [-0.15, -0.1) is 0 Å². The smallest absolute Gasteiger partial charge is 0.132 e. The zero-order valence-corrected chi connectivity index (χ0v) is 35.8. The van der Waals surface area contributed by atoms with Crippen LogP contribution in [-0.2, 0) is 5.41 Å². The van der Waals surface area contributed by atoms with Crippen molar-refractivity contribution >= 4 is 33.4 Å². The van der Waals surface area contributed by atoms with E-state index in [4.69, 9.17) is 4.74 Å². The van der Waals surface area contributed by atoms with Gasteiger partial charge in [0.05, 0.1) is 11.1 Å². The molecule has 0 aromatic heterocycles. The first-order valence-electron chi connectivity index (χ1n) is 22.1. The summed E-state index contributed by atoms with van der Waals surface area (Å²) in [6.45, 7) is 6.61. The highest BCUT2D eigenvalue weighted by atomic mass is 16.5. The van der Waals surface area contributed by atoms with Crippen molar-refractivity contribution < 1.29 is 4.74 Å². The maximum atomic E-state index is 6.72. The van der Waals surface area contributed by atoms with E-state index in [1.165, 1.54) is 60.9 Å². The van der Waals surface area contributed by atoms with Crippen LogP contribution in [0.4, 0.5) is 17.1 Å². The second-order valence-electron chi connectivity index (χ2n) is 17.0. The van der Waals surface area contributed by atoms with Gasteiger partial charge in [0.2, 0.25) is 0 Å². The highest BCUT2D eigenvalue weighted by Crippen LogP contribution is 2.62. The first-order valence-corrected chi connectivity index (χ1v) is 22.1. The van der Waals surface area contributed by atoms with Crippen molar-refractivity contribution in [2.45, 2.75) is 26.2 Å². The molecule has 63 heavy (non-hydrogen) atoms. The van der Waals surface area contributed by atoms with Crippen molar-refractivity contribution in [3.63, 3.8) is 0 Å². The Morgan fingerprint density at radius 1 is 0.476 bits per heavy atom. The van der Waals surface area contributed by atoms with Gasteiger partial charge in [-0.1, -0.05) is 190 Å². The van der Waals surface area contributed by atoms with E-state index < -0.39 is 5.41 Å². The molecule has 0 radical (unpaired) electrons. The van der Waals surface area contributed by atoms with Crippen LogP contribution in [0.15, 0.2) is 224 Å². The van der Waals surface area contributed by atoms with Crippen molar-refractivity contribution in [2.75, 3.05) is 4.90 Å². The predicted octanol–water partition coefficient (Wildman–Crippen LogP) is 16.7. The van der Waals surface area contributed by atoms with Crippen LogP contribution in [0.3, 0.4) is 0 Å². The van der Waals surface area contributed by atoms with Gasteiger partial charge in [-0.25, -0.2) is 0 Å². The third kappa shape index (κ3) is 6.33. The Balaban J connectivity index is 1.24. The number of ether oxygens (including phenoxy) is 1. The number of fused-ring (bicyclic) bond motifs is 10. The number of anilines is 3. The molecule has 1 aliphatic heterocycles. The summed E-state index contributed by atoms with van der Waals surface area (Å²) in [4.78, 5) is 2.50. The summed E-state index contributed by atoms with van der Waals surface area (Å²) in [5.41, 5.74) is 17.1. The maximum Gasteiger partial charge on any atom is 0.132 e. The quantitative estimate of drug-likeness (QED) is 0.142. The average molecular weight is 810 g/mol. The predicted molar refractivity (Wildman–Crippen MR) is 265 cm³/mol. The maximum absolute atomic E-state index is 6.72. The Morgan fingerprint density at radius 2 is 1.06 bits per heavy atom. The Bertz CT molecular complexity index is 3200. The van der Waals surface area contributed by atoms with Crippen LogP contribution in [0, 0.1) is 5.92 Å². The highest BCUT2D eigenvalue weighted by molar-refractivity contribution is 6.07. The van der Waals surface area contributed by atoms with Gasteiger partial charge in [-0.05, 0) is 122 Å². The Morgan fingerprint density at radius 3 is 1.76 bits per heavy atom. The minimum Gasteiger partial charge on any atom is -0.457 e. The lowest BCUT2D eigenvalue weighted by Gasteiger charge is -2.39. The molecule has 2 nitrogen and oxygen atoms in total. The molecule has 0 N–H and O–H groups in total. The van der Waals surface area contributed by atoms with Crippen molar-refractivity contribution in [1.29, 1.82) is 0 Å². The second-order valence-corrected chi connectivity index (χ2v) is 17.0. The van der Waals surface area contributed by atoms with E-state index in [1.54, 1.807) is 0 Å². The van der Waals surface area contributed by atoms with Crippen molar-refractivity contribution in [3.05, 3.63) is 252 Å². The summed E-state index contributed by atoms with van der Waals surface area (Å²) < 4.78 is 6.72. The summed E-state index contributed by atoms with van der Waals surface area (Å²) in [5.74, 6) is 2.14. The van der Waals surface area contributed by atoms with Crippen LogP contribution < -0.4 is 9.64 Å². The number of hydrogen-bond acceptors (Lipinski definition) is 2. The number of para-hydroxylation sites is 2. The lowest BCUT2D eigenvalue weighted by atomic mass is 9.66. The lowest BCUT2D eigenvalue weighted by Crippen LogP contribution is -2.32. The van der Waals surface area contributed by atoms with Crippen LogP contribution in [0.2, 0.25) is 0 Å². The second kappa shape index (κ2) is 15.7. The molecule has 2 aliphatic rings.